The summed E-state index contributed by atoms with van der Waals surface area (Å²) in [6, 6.07) is 11.3. The van der Waals surface area contributed by atoms with Crippen LogP contribution in [0.5, 0.6) is 0 Å². The van der Waals surface area contributed by atoms with Crippen LogP contribution < -0.4 is 4.57 Å². The van der Waals surface area contributed by atoms with E-state index in [4.69, 9.17) is 2.74 Å². The number of nitrogens with zero attached hydrogens (tertiary/aromatic N) is 1. The third-order valence-electron chi connectivity index (χ3n) is 5.67. The van der Waals surface area contributed by atoms with Crippen molar-refractivity contribution in [2.45, 2.75) is 66.2 Å². The van der Waals surface area contributed by atoms with E-state index in [0.29, 0.717) is 23.8 Å². The number of benzene rings is 2. The lowest BCUT2D eigenvalue weighted by Gasteiger charge is -2.18. The first-order valence-electron chi connectivity index (χ1n) is 11.1. The molecule has 2 aromatic carbocycles. The molecule has 3 aromatic rings. The molecule has 0 N–H and O–H groups in total. The van der Waals surface area contributed by atoms with E-state index in [1.54, 1.807) is 0 Å². The van der Waals surface area contributed by atoms with Crippen LogP contribution in [0.3, 0.4) is 0 Å². The molecule has 0 fully saturated rings. The number of aromatic nitrogens is 1. The summed E-state index contributed by atoms with van der Waals surface area (Å²) in [5.41, 5.74) is 7.45. The first-order valence-corrected chi connectivity index (χ1v) is 10.1. The molecule has 0 saturated heterocycles. The minimum Gasteiger partial charge on any atom is -0.200 e. The first kappa shape index (κ1) is 17.0. The standard InChI is InChI=1S/C26H34N/c1-16(2)21-10-9-20-11-12-27(8)26(25(20)13-21)24-15-22(17(3)4)14-23(18(5)6)19(24)7/h9-18H,1-8H3/q+1/i11D,12D. The second kappa shape index (κ2) is 7.46. The Hall–Kier alpha value is -2.15. The zero-order valence-electron chi connectivity index (χ0n) is 20.1. The van der Waals surface area contributed by atoms with Gasteiger partial charge >= 0.3 is 0 Å². The lowest BCUT2D eigenvalue weighted by atomic mass is 9.86. The molecule has 0 aliphatic heterocycles. The predicted octanol–water partition coefficient (Wildman–Crippen LogP) is 7.01. The molecule has 0 aliphatic carbocycles. The highest BCUT2D eigenvalue weighted by atomic mass is 14.9. The van der Waals surface area contributed by atoms with Crippen molar-refractivity contribution in [3.05, 3.63) is 64.8 Å². The Balaban J connectivity index is 2.51. The molecule has 0 saturated carbocycles. The Kier molecular flexibility index (Phi) is 4.69. The van der Waals surface area contributed by atoms with E-state index in [-0.39, 0.29) is 6.17 Å². The lowest BCUT2D eigenvalue weighted by molar-refractivity contribution is -0.659. The maximum Gasteiger partial charge on any atom is 0.220 e. The summed E-state index contributed by atoms with van der Waals surface area (Å²) in [6.45, 7) is 15.5. The molecule has 1 aromatic heterocycles. The Labute approximate surface area is 167 Å². The molecule has 0 spiro atoms. The predicted molar refractivity (Wildman–Crippen MR) is 118 cm³/mol. The summed E-state index contributed by atoms with van der Waals surface area (Å²) >= 11 is 0. The van der Waals surface area contributed by atoms with E-state index in [1.165, 1.54) is 27.8 Å². The van der Waals surface area contributed by atoms with Crippen molar-refractivity contribution >= 4 is 10.8 Å². The zero-order chi connectivity index (χ0) is 21.6. The van der Waals surface area contributed by atoms with Gasteiger partial charge in [-0.2, -0.15) is 0 Å². The van der Waals surface area contributed by atoms with Crippen LogP contribution in [0.25, 0.3) is 22.0 Å². The summed E-state index contributed by atoms with van der Waals surface area (Å²) in [5.74, 6) is 1.28. The summed E-state index contributed by atoms with van der Waals surface area (Å²) in [4.78, 5) is 0. The van der Waals surface area contributed by atoms with Gasteiger partial charge in [-0.15, -0.1) is 0 Å². The molecule has 3 rings (SSSR count). The Bertz CT molecular complexity index is 1080. The molecule has 1 heteroatoms. The van der Waals surface area contributed by atoms with E-state index >= 15 is 0 Å². The molecule has 0 amide bonds. The minimum atomic E-state index is 0.255. The minimum absolute atomic E-state index is 0.255. The molecule has 142 valence electrons. The number of rotatable bonds is 4. The van der Waals surface area contributed by atoms with E-state index in [1.807, 2.05) is 17.7 Å². The van der Waals surface area contributed by atoms with Crippen LogP contribution >= 0.6 is 0 Å². The fourth-order valence-electron chi connectivity index (χ4n) is 3.87. The molecule has 0 bridgehead atoms. The summed E-state index contributed by atoms with van der Waals surface area (Å²) in [5, 5.41) is 1.92. The van der Waals surface area contributed by atoms with Crippen LogP contribution in [-0.4, -0.2) is 0 Å². The normalized spacial score (nSPS) is 13.0. The Morgan fingerprint density at radius 3 is 2.11 bits per heavy atom. The highest BCUT2D eigenvalue weighted by Crippen LogP contribution is 2.35. The first-order chi connectivity index (χ1) is 13.5. The van der Waals surface area contributed by atoms with Gasteiger partial charge in [0.1, 0.15) is 8.42 Å². The van der Waals surface area contributed by atoms with Crippen LogP contribution in [0, 0.1) is 6.92 Å². The smallest absolute Gasteiger partial charge is 0.200 e. The van der Waals surface area contributed by atoms with Crippen molar-refractivity contribution in [3.63, 3.8) is 0 Å². The molecule has 0 aliphatic rings. The lowest BCUT2D eigenvalue weighted by Crippen LogP contribution is -2.31. The van der Waals surface area contributed by atoms with Gasteiger partial charge in [0.15, 0.2) is 6.17 Å². The van der Waals surface area contributed by atoms with E-state index in [9.17, 15) is 0 Å². The Morgan fingerprint density at radius 2 is 1.52 bits per heavy atom. The van der Waals surface area contributed by atoms with E-state index in [0.717, 1.165) is 16.5 Å². The fraction of sp³-hybridized carbons (Fsp3) is 0.423. The van der Waals surface area contributed by atoms with Gasteiger partial charge in [0.25, 0.3) is 0 Å². The van der Waals surface area contributed by atoms with Gasteiger partial charge in [-0.1, -0.05) is 59.7 Å². The molecule has 0 atom stereocenters. The number of pyridine rings is 1. The van der Waals surface area contributed by atoms with Crippen molar-refractivity contribution < 1.29 is 7.31 Å². The molecule has 1 heterocycles. The molecule has 27 heavy (non-hydrogen) atoms. The van der Waals surface area contributed by atoms with Crippen LogP contribution in [-0.2, 0) is 7.05 Å². The molecular formula is C26H34N+. The average Bonchev–Trinajstić information content (AvgIpc) is 2.66. The molecule has 1 nitrogen and oxygen atoms in total. The van der Waals surface area contributed by atoms with E-state index in [2.05, 4.69) is 72.7 Å². The van der Waals surface area contributed by atoms with Gasteiger partial charge < -0.3 is 0 Å². The van der Waals surface area contributed by atoms with Gasteiger partial charge in [-0.25, -0.2) is 4.57 Å². The van der Waals surface area contributed by atoms with Gasteiger partial charge in [-0.3, -0.25) is 0 Å². The van der Waals surface area contributed by atoms with Crippen LogP contribution in [0.2, 0.25) is 0 Å². The van der Waals surface area contributed by atoms with Gasteiger partial charge in [0.05, 0.1) is 12.3 Å². The maximum absolute atomic E-state index is 8.58. The van der Waals surface area contributed by atoms with Crippen LogP contribution in [0.15, 0.2) is 42.5 Å². The number of fused-ring (bicyclic) bond motifs is 1. The second-order valence-corrected chi connectivity index (χ2v) is 8.70. The topological polar surface area (TPSA) is 3.88 Å². The van der Waals surface area contributed by atoms with Crippen LogP contribution in [0.1, 0.15) is 84.3 Å². The van der Waals surface area contributed by atoms with Crippen LogP contribution in [0.4, 0.5) is 0 Å². The Morgan fingerprint density at radius 1 is 0.852 bits per heavy atom. The zero-order valence-corrected chi connectivity index (χ0v) is 18.1. The molecule has 0 radical (unpaired) electrons. The van der Waals surface area contributed by atoms with Crippen molar-refractivity contribution in [2.75, 3.05) is 0 Å². The van der Waals surface area contributed by atoms with Gasteiger partial charge in [0.2, 0.25) is 5.69 Å². The van der Waals surface area contributed by atoms with E-state index < -0.39 is 0 Å². The molecule has 0 unspecified atom stereocenters. The van der Waals surface area contributed by atoms with Crippen molar-refractivity contribution in [2.24, 2.45) is 7.05 Å². The quantitative estimate of drug-likeness (QED) is 0.439. The SMILES string of the molecule is [2H]c1c([2H])[n+](C)c(-c2cc(C(C)C)cc(C(C)C)c2C)c2cc(C(C)C)ccc12. The largest absolute Gasteiger partial charge is 0.220 e. The monoisotopic (exact) mass is 362 g/mol. The second-order valence-electron chi connectivity index (χ2n) is 8.70. The molecular weight excluding hydrogens is 326 g/mol. The van der Waals surface area contributed by atoms with Gasteiger partial charge in [-0.05, 0) is 64.5 Å². The average molecular weight is 363 g/mol. The number of hydrogen-bond donors (Lipinski definition) is 0. The van der Waals surface area contributed by atoms with Crippen molar-refractivity contribution in [1.82, 2.24) is 0 Å². The maximum atomic E-state index is 8.58. The third kappa shape index (κ3) is 3.65. The summed E-state index contributed by atoms with van der Waals surface area (Å²) in [7, 11) is 1.92. The highest BCUT2D eigenvalue weighted by molar-refractivity contribution is 5.94. The summed E-state index contributed by atoms with van der Waals surface area (Å²) in [6.07, 6.45) is 0.255. The summed E-state index contributed by atoms with van der Waals surface area (Å²) < 4.78 is 19.0. The van der Waals surface area contributed by atoms with Crippen molar-refractivity contribution in [3.8, 4) is 11.3 Å². The number of hydrogen-bond acceptors (Lipinski definition) is 0. The third-order valence-corrected chi connectivity index (χ3v) is 5.67. The van der Waals surface area contributed by atoms with Gasteiger partial charge in [0, 0.05) is 6.04 Å². The van der Waals surface area contributed by atoms with Crippen molar-refractivity contribution in [1.29, 1.82) is 0 Å². The fourth-order valence-corrected chi connectivity index (χ4v) is 3.87. The highest BCUT2D eigenvalue weighted by Gasteiger charge is 2.21.